The predicted octanol–water partition coefficient (Wildman–Crippen LogP) is 8.64. The predicted molar refractivity (Wildman–Crippen MR) is 224 cm³/mol. The molecule has 2 N–H and O–H groups in total. The zero-order valence-corrected chi connectivity index (χ0v) is 35.5. The van der Waals surface area contributed by atoms with Crippen LogP contribution in [0, 0.1) is 23.9 Å². The molecule has 4 atom stereocenters. The van der Waals surface area contributed by atoms with Crippen LogP contribution in [0.1, 0.15) is 105 Å². The Morgan fingerprint density at radius 3 is 2.07 bits per heavy atom. The van der Waals surface area contributed by atoms with Gasteiger partial charge in [-0.15, -0.1) is 0 Å². The number of ether oxygens (including phenoxy) is 2. The molecule has 0 aromatic heterocycles. The summed E-state index contributed by atoms with van der Waals surface area (Å²) in [5, 5.41) is 5.60. The number of amides is 4. The van der Waals surface area contributed by atoms with Crippen LogP contribution in [-0.4, -0.2) is 52.6 Å². The lowest BCUT2D eigenvalue weighted by molar-refractivity contribution is -0.153. The van der Waals surface area contributed by atoms with Crippen molar-refractivity contribution in [1.82, 2.24) is 4.90 Å². The highest BCUT2D eigenvalue weighted by atomic mass is 35.5. The number of ketones is 1. The van der Waals surface area contributed by atoms with Crippen LogP contribution in [-0.2, 0) is 46.0 Å². The molecule has 1 heterocycles. The average Bonchev–Trinajstić information content (AvgIpc) is 3.38. The van der Waals surface area contributed by atoms with Gasteiger partial charge in [0.2, 0.25) is 12.0 Å². The Balaban J connectivity index is 1.62. The first kappa shape index (κ1) is 44.6. The van der Waals surface area contributed by atoms with Crippen molar-refractivity contribution in [3.63, 3.8) is 0 Å². The summed E-state index contributed by atoms with van der Waals surface area (Å²) in [5.74, 6) is -4.21. The third kappa shape index (κ3) is 10.1. The number of nitrogens with zero attached hydrogens (tertiary/aromatic N) is 1. The van der Waals surface area contributed by atoms with E-state index in [4.69, 9.17) is 27.5 Å². The first-order valence-electron chi connectivity index (χ1n) is 19.5. The topological polar surface area (TPSA) is 131 Å². The van der Waals surface area contributed by atoms with E-state index in [2.05, 4.69) is 64.3 Å². The zero-order valence-electron chi connectivity index (χ0n) is 34.7. The SMILES string of the molecule is C#COC1C(=O)N(C(C(=O)Nc2cc(NC(=O)C(CC)Oc3ccc(C(C)(C)CC)cc3C(C)(C)CC)ccc2Cl)C(=O)C(C)(C)C)C(=O)C1Cc1ccccc1. The summed E-state index contributed by atoms with van der Waals surface area (Å²) in [6.07, 6.45) is 7.40. The Morgan fingerprint density at radius 2 is 1.49 bits per heavy atom. The lowest BCUT2D eigenvalue weighted by Gasteiger charge is -2.31. The summed E-state index contributed by atoms with van der Waals surface area (Å²) in [7, 11) is 0. The van der Waals surface area contributed by atoms with Gasteiger partial charge >= 0.3 is 0 Å². The third-order valence-corrected chi connectivity index (χ3v) is 11.4. The molecule has 4 amide bonds. The molecule has 1 aliphatic heterocycles. The number of benzene rings is 3. The molecule has 0 radical (unpaired) electrons. The van der Waals surface area contributed by atoms with Crippen molar-refractivity contribution in [1.29, 1.82) is 0 Å². The normalized spacial score (nSPS) is 17.1. The number of imide groups is 1. The Kier molecular flexibility index (Phi) is 14.1. The summed E-state index contributed by atoms with van der Waals surface area (Å²) < 4.78 is 11.7. The molecule has 4 rings (SSSR count). The highest BCUT2D eigenvalue weighted by Gasteiger charge is 2.56. The molecule has 1 saturated heterocycles. The van der Waals surface area contributed by atoms with E-state index in [0.717, 1.165) is 24.0 Å². The second-order valence-corrected chi connectivity index (χ2v) is 17.3. The summed E-state index contributed by atoms with van der Waals surface area (Å²) in [6.45, 7) is 19.6. The number of carbonyl (C=O) groups excluding carboxylic acids is 5. The Hall–Kier alpha value is -5.14. The second kappa shape index (κ2) is 18.0. The fourth-order valence-corrected chi connectivity index (χ4v) is 6.75. The van der Waals surface area contributed by atoms with Crippen molar-refractivity contribution in [3.05, 3.63) is 88.4 Å². The minimum Gasteiger partial charge on any atom is -0.480 e. The number of rotatable bonds is 16. The van der Waals surface area contributed by atoms with Gasteiger partial charge < -0.3 is 20.1 Å². The number of hydrogen-bond donors (Lipinski definition) is 2. The monoisotopic (exact) mass is 797 g/mol. The standard InChI is InChI=1S/C46H56ClN3O7/c1-12-35(57-36-24-21-29(45(8,9)13-2)26-32(36)46(10,11)14-3)40(52)48-30-22-23-33(47)34(27-30)49-41(53)37(39(51)44(5,6)7)50-42(54)31(38(43(50)55)56-15-4)25-28-19-17-16-18-20-28/h4,16-24,26-27,31,35,37-38H,12-14,25H2,1-3,5-11H3,(H,48,52)(H,49,53). The van der Waals surface area contributed by atoms with Gasteiger partial charge in [0.15, 0.2) is 17.9 Å². The molecule has 3 aromatic rings. The van der Waals surface area contributed by atoms with Crippen molar-refractivity contribution in [2.75, 3.05) is 10.6 Å². The Labute approximate surface area is 342 Å². The Bertz CT molecular complexity index is 2030. The minimum absolute atomic E-state index is 0.0382. The number of anilines is 2. The molecule has 4 unspecified atom stereocenters. The molecular weight excluding hydrogens is 742 g/mol. The molecule has 0 aliphatic carbocycles. The number of nitrogens with one attached hydrogen (secondary N) is 2. The van der Waals surface area contributed by atoms with Gasteiger partial charge in [-0.1, -0.05) is 130 Å². The second-order valence-electron chi connectivity index (χ2n) is 16.9. The lowest BCUT2D eigenvalue weighted by atomic mass is 9.76. The van der Waals surface area contributed by atoms with Crippen molar-refractivity contribution < 1.29 is 33.4 Å². The number of Topliss-reactive ketones (excluding diaryl/α,β-unsaturated/α-hetero) is 1. The summed E-state index contributed by atoms with van der Waals surface area (Å²) >= 11 is 6.55. The minimum atomic E-state index is -1.88. The van der Waals surface area contributed by atoms with Crippen LogP contribution in [0.25, 0.3) is 0 Å². The van der Waals surface area contributed by atoms with Crippen molar-refractivity contribution >= 4 is 52.4 Å². The van der Waals surface area contributed by atoms with E-state index >= 15 is 0 Å². The van der Waals surface area contributed by atoms with E-state index in [1.807, 2.05) is 25.2 Å². The van der Waals surface area contributed by atoms with E-state index in [1.165, 1.54) is 17.7 Å². The number of terminal acetylenes is 1. The van der Waals surface area contributed by atoms with E-state index in [9.17, 15) is 24.0 Å². The van der Waals surface area contributed by atoms with Gasteiger partial charge in [0.25, 0.3) is 17.7 Å². The number of halogens is 1. The van der Waals surface area contributed by atoms with Gasteiger partial charge in [-0.3, -0.25) is 28.9 Å². The molecule has 1 fully saturated rings. The molecule has 304 valence electrons. The maximum Gasteiger partial charge on any atom is 0.273 e. The van der Waals surface area contributed by atoms with E-state index < -0.39 is 59.0 Å². The molecular formula is C46H56ClN3O7. The summed E-state index contributed by atoms with van der Waals surface area (Å²) in [4.78, 5) is 70.4. The van der Waals surface area contributed by atoms with Crippen LogP contribution in [0.5, 0.6) is 5.75 Å². The Morgan fingerprint density at radius 1 is 0.842 bits per heavy atom. The highest BCUT2D eigenvalue weighted by Crippen LogP contribution is 2.39. The largest absolute Gasteiger partial charge is 0.480 e. The fourth-order valence-electron chi connectivity index (χ4n) is 6.59. The maximum atomic E-state index is 14.2. The van der Waals surface area contributed by atoms with Gasteiger partial charge in [0.05, 0.1) is 16.6 Å². The van der Waals surface area contributed by atoms with Gasteiger partial charge in [-0.2, -0.15) is 0 Å². The van der Waals surface area contributed by atoms with Crippen LogP contribution in [0.4, 0.5) is 11.4 Å². The fraction of sp³-hybridized carbons (Fsp3) is 0.457. The van der Waals surface area contributed by atoms with E-state index in [0.29, 0.717) is 17.1 Å². The molecule has 57 heavy (non-hydrogen) atoms. The molecule has 0 saturated carbocycles. The molecule has 1 aliphatic rings. The van der Waals surface area contributed by atoms with Crippen LogP contribution in [0.3, 0.4) is 0 Å². The number of hydrogen-bond acceptors (Lipinski definition) is 7. The molecule has 0 spiro atoms. The van der Waals surface area contributed by atoms with Crippen molar-refractivity contribution in [2.24, 2.45) is 11.3 Å². The molecule has 11 heteroatoms. The van der Waals surface area contributed by atoms with E-state index in [-0.39, 0.29) is 33.6 Å². The van der Waals surface area contributed by atoms with Gasteiger partial charge in [0.1, 0.15) is 11.9 Å². The quantitative estimate of drug-likeness (QED) is 0.0843. The number of likely N-dealkylation sites (tertiary alicyclic amines) is 1. The summed E-state index contributed by atoms with van der Waals surface area (Å²) in [6, 6.07) is 17.8. The third-order valence-electron chi connectivity index (χ3n) is 11.1. The smallest absolute Gasteiger partial charge is 0.273 e. The number of carbonyl (C=O) groups is 5. The van der Waals surface area contributed by atoms with Crippen molar-refractivity contribution in [2.45, 2.75) is 124 Å². The first-order chi connectivity index (χ1) is 26.7. The summed E-state index contributed by atoms with van der Waals surface area (Å²) in [5.41, 5.74) is 1.86. The van der Waals surface area contributed by atoms with Crippen LogP contribution < -0.4 is 15.4 Å². The zero-order chi connectivity index (χ0) is 42.5. The van der Waals surface area contributed by atoms with Crippen molar-refractivity contribution in [3.8, 4) is 18.3 Å². The molecule has 0 bridgehead atoms. The maximum absolute atomic E-state index is 14.2. The van der Waals surface area contributed by atoms with Gasteiger partial charge in [-0.05, 0) is 71.9 Å². The average molecular weight is 798 g/mol. The van der Waals surface area contributed by atoms with Crippen LogP contribution in [0.15, 0.2) is 66.7 Å². The van der Waals surface area contributed by atoms with Gasteiger partial charge in [-0.25, -0.2) is 0 Å². The molecule has 10 nitrogen and oxygen atoms in total. The highest BCUT2D eigenvalue weighted by molar-refractivity contribution is 6.34. The van der Waals surface area contributed by atoms with E-state index in [1.54, 1.807) is 51.1 Å². The van der Waals surface area contributed by atoms with Crippen LogP contribution in [0.2, 0.25) is 5.02 Å². The van der Waals surface area contributed by atoms with Crippen LogP contribution >= 0.6 is 11.6 Å². The first-order valence-corrected chi connectivity index (χ1v) is 19.9. The molecule has 3 aromatic carbocycles. The van der Waals surface area contributed by atoms with Gasteiger partial charge in [0, 0.05) is 16.7 Å². The lowest BCUT2D eigenvalue weighted by Crippen LogP contribution is -2.55.